The van der Waals surface area contributed by atoms with E-state index in [9.17, 15) is 13.2 Å². The first kappa shape index (κ1) is 20.6. The van der Waals surface area contributed by atoms with E-state index in [1.165, 1.54) is 12.1 Å². The van der Waals surface area contributed by atoms with Crippen LogP contribution in [0.15, 0.2) is 83.8 Å². The fourth-order valence-corrected chi connectivity index (χ4v) is 4.27. The number of benzene rings is 3. The number of sulfonamides is 1. The molecule has 0 saturated carbocycles. The molecule has 7 nitrogen and oxygen atoms in total. The summed E-state index contributed by atoms with van der Waals surface area (Å²) in [6, 6.07) is 22.3. The average molecular weight is 435 g/mol. The van der Waals surface area contributed by atoms with Crippen LogP contribution in [0.25, 0.3) is 11.0 Å². The molecule has 0 saturated heterocycles. The smallest absolute Gasteiger partial charge is 0.261 e. The minimum absolute atomic E-state index is 0.182. The Morgan fingerprint density at radius 1 is 0.903 bits per heavy atom. The van der Waals surface area contributed by atoms with Crippen molar-refractivity contribution in [3.63, 3.8) is 0 Å². The number of aryl methyl sites for hydroxylation is 1. The number of para-hydroxylation sites is 2. The van der Waals surface area contributed by atoms with Crippen LogP contribution in [-0.4, -0.2) is 30.8 Å². The number of amides is 1. The third-order valence-electron chi connectivity index (χ3n) is 4.77. The van der Waals surface area contributed by atoms with E-state index in [0.717, 1.165) is 29.7 Å². The maximum atomic E-state index is 12.4. The summed E-state index contributed by atoms with van der Waals surface area (Å²) in [5, 5.41) is 2.88. The molecule has 0 aliphatic carbocycles. The molecule has 0 aliphatic rings. The van der Waals surface area contributed by atoms with Crippen molar-refractivity contribution in [1.82, 2.24) is 15.3 Å². The molecule has 158 valence electrons. The molecule has 8 heteroatoms. The van der Waals surface area contributed by atoms with Gasteiger partial charge in [0.25, 0.3) is 15.9 Å². The van der Waals surface area contributed by atoms with Gasteiger partial charge < -0.3 is 10.3 Å². The summed E-state index contributed by atoms with van der Waals surface area (Å²) in [5.74, 6) is 0.688. The van der Waals surface area contributed by atoms with Crippen molar-refractivity contribution >= 4 is 32.7 Å². The Bertz CT molecular complexity index is 1250. The van der Waals surface area contributed by atoms with E-state index >= 15 is 0 Å². The van der Waals surface area contributed by atoms with E-state index < -0.39 is 10.0 Å². The fraction of sp³-hybridized carbons (Fsp3) is 0.130. The summed E-state index contributed by atoms with van der Waals surface area (Å²) < 4.78 is 27.3. The summed E-state index contributed by atoms with van der Waals surface area (Å²) in [6.45, 7) is 0.512. The monoisotopic (exact) mass is 434 g/mol. The van der Waals surface area contributed by atoms with Crippen molar-refractivity contribution in [3.8, 4) is 0 Å². The zero-order valence-corrected chi connectivity index (χ0v) is 17.5. The second-order valence-electron chi connectivity index (χ2n) is 7.06. The minimum atomic E-state index is -3.66. The van der Waals surface area contributed by atoms with Crippen molar-refractivity contribution in [2.24, 2.45) is 0 Å². The molecule has 0 atom stereocenters. The molecule has 4 rings (SSSR count). The largest absolute Gasteiger partial charge is 0.352 e. The van der Waals surface area contributed by atoms with Gasteiger partial charge in [0.05, 0.1) is 15.9 Å². The lowest BCUT2D eigenvalue weighted by Crippen LogP contribution is -2.24. The summed E-state index contributed by atoms with van der Waals surface area (Å²) >= 11 is 0. The first-order valence-electron chi connectivity index (χ1n) is 9.91. The molecule has 3 N–H and O–H groups in total. The van der Waals surface area contributed by atoms with E-state index in [1.807, 2.05) is 24.3 Å². The van der Waals surface area contributed by atoms with Gasteiger partial charge in [0.15, 0.2) is 0 Å². The van der Waals surface area contributed by atoms with Crippen LogP contribution < -0.4 is 10.0 Å². The Balaban J connectivity index is 1.28. The van der Waals surface area contributed by atoms with Crippen molar-refractivity contribution in [3.05, 3.63) is 90.3 Å². The molecule has 0 fully saturated rings. The zero-order chi connectivity index (χ0) is 21.7. The molecule has 0 aliphatic heterocycles. The number of fused-ring (bicyclic) bond motifs is 1. The molecule has 0 unspecified atom stereocenters. The first-order valence-corrected chi connectivity index (χ1v) is 11.4. The topological polar surface area (TPSA) is 104 Å². The lowest BCUT2D eigenvalue weighted by atomic mass is 10.2. The van der Waals surface area contributed by atoms with Gasteiger partial charge in [0.2, 0.25) is 0 Å². The van der Waals surface area contributed by atoms with Gasteiger partial charge in [0.1, 0.15) is 5.82 Å². The second-order valence-corrected chi connectivity index (χ2v) is 8.74. The van der Waals surface area contributed by atoms with Crippen LogP contribution in [0, 0.1) is 0 Å². The Morgan fingerprint density at radius 2 is 1.61 bits per heavy atom. The maximum absolute atomic E-state index is 12.4. The normalized spacial score (nSPS) is 11.4. The molecule has 0 spiro atoms. The highest BCUT2D eigenvalue weighted by molar-refractivity contribution is 7.92. The Hall–Kier alpha value is -3.65. The van der Waals surface area contributed by atoms with Crippen LogP contribution in [0.1, 0.15) is 22.6 Å². The van der Waals surface area contributed by atoms with E-state index in [1.54, 1.807) is 42.5 Å². The van der Waals surface area contributed by atoms with Gasteiger partial charge in [-0.2, -0.15) is 0 Å². The molecule has 0 bridgehead atoms. The molecule has 1 amide bonds. The number of carbonyl (C=O) groups is 1. The zero-order valence-electron chi connectivity index (χ0n) is 16.7. The standard InChI is InChI=1S/C23H22N4O3S/c28-23(24-16-6-11-22-25-20-9-4-5-10-21(20)26-22)17-12-14-18(15-13-17)27-31(29,30)19-7-2-1-3-8-19/h1-5,7-10,12-15,27H,6,11,16H2,(H,24,28)(H,25,26). The number of hydrogen-bond donors (Lipinski definition) is 3. The quantitative estimate of drug-likeness (QED) is 0.368. The van der Waals surface area contributed by atoms with Crippen LogP contribution in [-0.2, 0) is 16.4 Å². The lowest BCUT2D eigenvalue weighted by molar-refractivity contribution is 0.0953. The molecular formula is C23H22N4O3S. The van der Waals surface area contributed by atoms with E-state index in [2.05, 4.69) is 20.0 Å². The van der Waals surface area contributed by atoms with Gasteiger partial charge in [-0.05, 0) is 55.0 Å². The predicted molar refractivity (Wildman–Crippen MR) is 120 cm³/mol. The van der Waals surface area contributed by atoms with E-state index in [4.69, 9.17) is 0 Å². The van der Waals surface area contributed by atoms with E-state index in [0.29, 0.717) is 17.8 Å². The highest BCUT2D eigenvalue weighted by Crippen LogP contribution is 2.16. The molecule has 0 radical (unpaired) electrons. The molecule has 31 heavy (non-hydrogen) atoms. The summed E-state index contributed by atoms with van der Waals surface area (Å²) in [7, 11) is -3.66. The maximum Gasteiger partial charge on any atom is 0.261 e. The number of nitrogens with one attached hydrogen (secondary N) is 3. The number of hydrogen-bond acceptors (Lipinski definition) is 4. The van der Waals surface area contributed by atoms with Crippen molar-refractivity contribution in [2.45, 2.75) is 17.7 Å². The van der Waals surface area contributed by atoms with Gasteiger partial charge in [-0.3, -0.25) is 9.52 Å². The number of nitrogens with zero attached hydrogens (tertiary/aromatic N) is 1. The second kappa shape index (κ2) is 9.01. The van der Waals surface area contributed by atoms with Gasteiger partial charge in [-0.15, -0.1) is 0 Å². The Kier molecular flexibility index (Phi) is 5.99. The first-order chi connectivity index (χ1) is 15.0. The summed E-state index contributed by atoms with van der Waals surface area (Å²) in [6.07, 6.45) is 1.48. The van der Waals surface area contributed by atoms with E-state index in [-0.39, 0.29) is 10.8 Å². The Labute approximate surface area is 180 Å². The molecule has 1 aromatic heterocycles. The molecular weight excluding hydrogens is 412 g/mol. The third-order valence-corrected chi connectivity index (χ3v) is 6.16. The number of imidazole rings is 1. The van der Waals surface area contributed by atoms with Crippen LogP contribution >= 0.6 is 0 Å². The lowest BCUT2D eigenvalue weighted by Gasteiger charge is -2.09. The number of anilines is 1. The summed E-state index contributed by atoms with van der Waals surface area (Å²) in [4.78, 5) is 20.3. The van der Waals surface area contributed by atoms with Gasteiger partial charge in [-0.25, -0.2) is 13.4 Å². The minimum Gasteiger partial charge on any atom is -0.352 e. The third kappa shape index (κ3) is 5.10. The van der Waals surface area contributed by atoms with Crippen LogP contribution in [0.4, 0.5) is 5.69 Å². The Morgan fingerprint density at radius 3 is 2.35 bits per heavy atom. The van der Waals surface area contributed by atoms with Crippen LogP contribution in [0.5, 0.6) is 0 Å². The number of rotatable bonds is 8. The van der Waals surface area contributed by atoms with Gasteiger partial charge in [-0.1, -0.05) is 30.3 Å². The van der Waals surface area contributed by atoms with Crippen molar-refractivity contribution in [1.29, 1.82) is 0 Å². The average Bonchev–Trinajstić information content (AvgIpc) is 3.20. The van der Waals surface area contributed by atoms with Crippen molar-refractivity contribution < 1.29 is 13.2 Å². The number of H-pyrrole nitrogens is 1. The molecule has 1 heterocycles. The molecule has 4 aromatic rings. The highest BCUT2D eigenvalue weighted by atomic mass is 32.2. The van der Waals surface area contributed by atoms with Gasteiger partial charge >= 0.3 is 0 Å². The van der Waals surface area contributed by atoms with Crippen LogP contribution in [0.2, 0.25) is 0 Å². The highest BCUT2D eigenvalue weighted by Gasteiger charge is 2.14. The van der Waals surface area contributed by atoms with Crippen molar-refractivity contribution in [2.75, 3.05) is 11.3 Å². The van der Waals surface area contributed by atoms with Crippen LogP contribution in [0.3, 0.4) is 0 Å². The fourth-order valence-electron chi connectivity index (χ4n) is 3.19. The number of aromatic amines is 1. The van der Waals surface area contributed by atoms with Gasteiger partial charge in [0, 0.05) is 24.2 Å². The summed E-state index contributed by atoms with van der Waals surface area (Å²) in [5.41, 5.74) is 2.80. The number of carbonyl (C=O) groups excluding carboxylic acids is 1. The molecule has 3 aromatic carbocycles. The predicted octanol–water partition coefficient (Wildman–Crippen LogP) is 3.73. The SMILES string of the molecule is O=C(NCCCc1nc2ccccc2[nH]1)c1ccc(NS(=O)(=O)c2ccccc2)cc1. The number of aromatic nitrogens is 2.